The van der Waals surface area contributed by atoms with Gasteiger partial charge in [-0.15, -0.1) is 0 Å². The van der Waals surface area contributed by atoms with Crippen molar-refractivity contribution in [3.8, 4) is 0 Å². The van der Waals surface area contributed by atoms with Gasteiger partial charge in [0.05, 0.1) is 34.1 Å². The van der Waals surface area contributed by atoms with E-state index in [4.69, 9.17) is 15.0 Å². The Morgan fingerprint density at radius 2 is 1.21 bits per heavy atom. The number of hydrogen-bond acceptors (Lipinski definition) is 2. The quantitative estimate of drug-likeness (QED) is 0.113. The van der Waals surface area contributed by atoms with Gasteiger partial charge in [-0.2, -0.15) is 4.99 Å². The van der Waals surface area contributed by atoms with Crippen molar-refractivity contribution in [2.75, 3.05) is 0 Å². The monoisotopic (exact) mass is 604 g/mol. The van der Waals surface area contributed by atoms with Gasteiger partial charge in [0.2, 0.25) is 5.96 Å². The van der Waals surface area contributed by atoms with E-state index in [0.717, 1.165) is 71.3 Å². The summed E-state index contributed by atoms with van der Waals surface area (Å²) in [4.78, 5) is 19.8. The Kier molecular flexibility index (Phi) is 6.25. The first-order valence-electron chi connectivity index (χ1n) is 15.6. The molecule has 3 aromatic heterocycles. The minimum Gasteiger partial charge on any atom is -0.292 e. The van der Waals surface area contributed by atoms with Crippen LogP contribution in [0.3, 0.4) is 0 Å². The number of rotatable bonds is 3. The maximum Gasteiger partial charge on any atom is 0.236 e. The number of para-hydroxylation sites is 4. The molecule has 0 fully saturated rings. The number of hydrogen-bond donors (Lipinski definition) is 0. The standard InChI is InChI=1S/C41H28N6/c1-42-41(45-39(28-16-6-3-7-17-28)43-26-27-14-4-2-5-15-27)47-36-22-12-9-19-30(36)32-24-33-31(25-38(32)47)29-18-8-11-21-35(29)46-37-23-13-10-20-34(37)44-40(33)46/h2-25H,1,26H2. The first-order chi connectivity index (χ1) is 23.3. The summed E-state index contributed by atoms with van der Waals surface area (Å²) in [6.45, 7) is 4.50. The zero-order valence-corrected chi connectivity index (χ0v) is 25.5. The molecule has 0 spiro atoms. The lowest BCUT2D eigenvalue weighted by Gasteiger charge is -2.11. The van der Waals surface area contributed by atoms with E-state index >= 15 is 0 Å². The van der Waals surface area contributed by atoms with Crippen LogP contribution >= 0.6 is 0 Å². The fourth-order valence-electron chi connectivity index (χ4n) is 6.76. The minimum atomic E-state index is 0.461. The summed E-state index contributed by atoms with van der Waals surface area (Å²) in [7, 11) is 0. The minimum absolute atomic E-state index is 0.461. The number of benzene rings is 6. The van der Waals surface area contributed by atoms with Crippen molar-refractivity contribution in [1.82, 2.24) is 14.0 Å². The molecular formula is C41H28N6. The second-order valence-corrected chi connectivity index (χ2v) is 11.6. The molecule has 0 aliphatic rings. The second-order valence-electron chi connectivity index (χ2n) is 11.6. The Bertz CT molecular complexity index is 2720. The number of aliphatic imine (C=N–C) groups is 3. The van der Waals surface area contributed by atoms with E-state index in [1.165, 1.54) is 0 Å². The summed E-state index contributed by atoms with van der Waals surface area (Å²) in [6, 6.07) is 50.1. The highest BCUT2D eigenvalue weighted by Gasteiger charge is 2.20. The van der Waals surface area contributed by atoms with Gasteiger partial charge in [0.25, 0.3) is 0 Å². The molecule has 0 unspecified atom stereocenters. The first-order valence-corrected chi connectivity index (χ1v) is 15.6. The SMILES string of the molecule is C=NC(=NC(=NCc1ccccc1)c1ccccc1)n1c2ccccc2c2cc3c(cc21)c1ccccc1n1c2ccccc2nc31. The molecule has 0 bridgehead atoms. The van der Waals surface area contributed by atoms with Crippen molar-refractivity contribution in [2.45, 2.75) is 6.54 Å². The third-order valence-corrected chi connectivity index (χ3v) is 8.88. The molecule has 6 aromatic carbocycles. The van der Waals surface area contributed by atoms with Crippen molar-refractivity contribution in [3.05, 3.63) is 157 Å². The predicted octanol–water partition coefficient (Wildman–Crippen LogP) is 9.45. The number of fused-ring (bicyclic) bond motifs is 11. The highest BCUT2D eigenvalue weighted by atomic mass is 15.2. The third-order valence-electron chi connectivity index (χ3n) is 8.88. The normalized spacial score (nSPS) is 12.7. The van der Waals surface area contributed by atoms with Gasteiger partial charge in [0.1, 0.15) is 5.65 Å². The Morgan fingerprint density at radius 3 is 1.98 bits per heavy atom. The summed E-state index contributed by atoms with van der Waals surface area (Å²) < 4.78 is 4.39. The fourth-order valence-corrected chi connectivity index (χ4v) is 6.76. The molecule has 0 atom stereocenters. The molecular weight excluding hydrogens is 576 g/mol. The Morgan fingerprint density at radius 1 is 0.574 bits per heavy atom. The lowest BCUT2D eigenvalue weighted by Crippen LogP contribution is -2.12. The van der Waals surface area contributed by atoms with Gasteiger partial charge in [-0.25, -0.2) is 9.98 Å². The topological polar surface area (TPSA) is 59.3 Å². The van der Waals surface area contributed by atoms with Crippen LogP contribution in [0.5, 0.6) is 0 Å². The van der Waals surface area contributed by atoms with Crippen molar-refractivity contribution in [2.24, 2.45) is 15.0 Å². The summed E-state index contributed by atoms with van der Waals surface area (Å²) in [6.07, 6.45) is 0. The summed E-state index contributed by atoms with van der Waals surface area (Å²) in [5.74, 6) is 1.06. The molecule has 0 saturated carbocycles. The lowest BCUT2D eigenvalue weighted by molar-refractivity contribution is 1.06. The molecule has 9 rings (SSSR count). The largest absolute Gasteiger partial charge is 0.292 e. The Labute approximate surface area is 270 Å². The van der Waals surface area contributed by atoms with Crippen LogP contribution in [0.15, 0.2) is 161 Å². The molecule has 0 aliphatic carbocycles. The van der Waals surface area contributed by atoms with Crippen LogP contribution in [0.2, 0.25) is 0 Å². The van der Waals surface area contributed by atoms with Crippen LogP contribution in [0.25, 0.3) is 60.2 Å². The molecule has 3 heterocycles. The predicted molar refractivity (Wildman–Crippen MR) is 196 cm³/mol. The van der Waals surface area contributed by atoms with Gasteiger partial charge in [-0.05, 0) is 54.1 Å². The van der Waals surface area contributed by atoms with E-state index < -0.39 is 0 Å². The zero-order chi connectivity index (χ0) is 31.3. The van der Waals surface area contributed by atoms with Gasteiger partial charge < -0.3 is 0 Å². The number of aromatic nitrogens is 3. The lowest BCUT2D eigenvalue weighted by atomic mass is 10.0. The molecule has 6 heteroatoms. The summed E-state index contributed by atoms with van der Waals surface area (Å²) >= 11 is 0. The number of nitrogens with zero attached hydrogens (tertiary/aromatic N) is 6. The van der Waals surface area contributed by atoms with Gasteiger partial charge in [0.15, 0.2) is 5.84 Å². The van der Waals surface area contributed by atoms with Crippen LogP contribution in [0, 0.1) is 0 Å². The third kappa shape index (κ3) is 4.34. The van der Waals surface area contributed by atoms with Crippen molar-refractivity contribution in [3.63, 3.8) is 0 Å². The van der Waals surface area contributed by atoms with Crippen LogP contribution in [-0.4, -0.2) is 32.5 Å². The van der Waals surface area contributed by atoms with Crippen molar-refractivity contribution in [1.29, 1.82) is 0 Å². The summed E-state index contributed by atoms with van der Waals surface area (Å²) in [5, 5.41) is 5.55. The molecule has 0 saturated heterocycles. The van der Waals surface area contributed by atoms with E-state index in [9.17, 15) is 0 Å². The van der Waals surface area contributed by atoms with Crippen LogP contribution < -0.4 is 0 Å². The number of imidazole rings is 1. The van der Waals surface area contributed by atoms with Gasteiger partial charge >= 0.3 is 0 Å². The molecule has 9 aromatic rings. The second kappa shape index (κ2) is 10.9. The maximum atomic E-state index is 5.14. The highest BCUT2D eigenvalue weighted by Crippen LogP contribution is 2.38. The molecule has 47 heavy (non-hydrogen) atoms. The van der Waals surface area contributed by atoms with Crippen LogP contribution in [0.1, 0.15) is 11.1 Å². The van der Waals surface area contributed by atoms with Gasteiger partial charge in [-0.1, -0.05) is 109 Å². The van der Waals surface area contributed by atoms with Crippen LogP contribution in [-0.2, 0) is 6.54 Å². The van der Waals surface area contributed by atoms with E-state index in [0.29, 0.717) is 18.3 Å². The summed E-state index contributed by atoms with van der Waals surface area (Å²) in [5.41, 5.74) is 8.12. The average molecular weight is 605 g/mol. The van der Waals surface area contributed by atoms with Crippen molar-refractivity contribution < 1.29 is 0 Å². The number of amidine groups is 1. The van der Waals surface area contributed by atoms with E-state index in [2.05, 4.69) is 112 Å². The smallest absolute Gasteiger partial charge is 0.236 e. The molecule has 0 amide bonds. The molecule has 0 N–H and O–H groups in total. The van der Waals surface area contributed by atoms with Gasteiger partial charge in [0, 0.05) is 27.1 Å². The van der Waals surface area contributed by atoms with Crippen molar-refractivity contribution >= 4 is 78.7 Å². The molecule has 222 valence electrons. The first kappa shape index (κ1) is 27.0. The number of pyridine rings is 1. The van der Waals surface area contributed by atoms with Gasteiger partial charge in [-0.3, -0.25) is 14.0 Å². The zero-order valence-electron chi connectivity index (χ0n) is 25.5. The molecule has 0 radical (unpaired) electrons. The molecule has 6 nitrogen and oxygen atoms in total. The fraction of sp³-hybridized carbons (Fsp3) is 0.0244. The molecule has 0 aliphatic heterocycles. The maximum absolute atomic E-state index is 5.14. The highest BCUT2D eigenvalue weighted by molar-refractivity contribution is 6.24. The van der Waals surface area contributed by atoms with Crippen LogP contribution in [0.4, 0.5) is 0 Å². The van der Waals surface area contributed by atoms with E-state index in [1.54, 1.807) is 0 Å². The van der Waals surface area contributed by atoms with E-state index in [1.807, 2.05) is 54.6 Å². The van der Waals surface area contributed by atoms with E-state index in [-0.39, 0.29) is 0 Å². The Balaban J connectivity index is 1.35. The average Bonchev–Trinajstić information content (AvgIpc) is 3.68. The Hall–Kier alpha value is -6.40.